The number of pyridine rings is 1. The molecule has 6 nitrogen and oxygen atoms in total. The molecule has 23 heavy (non-hydrogen) atoms. The highest BCUT2D eigenvalue weighted by atomic mass is 32.1. The minimum absolute atomic E-state index is 0.129. The number of hydrogen-bond donors (Lipinski definition) is 1. The summed E-state index contributed by atoms with van der Waals surface area (Å²) in [6.07, 6.45) is 1.55. The molecule has 3 aromatic rings. The van der Waals surface area contributed by atoms with Crippen LogP contribution in [-0.4, -0.2) is 20.7 Å². The Kier molecular flexibility index (Phi) is 3.96. The van der Waals surface area contributed by atoms with E-state index in [1.165, 1.54) is 15.9 Å². The molecule has 0 fully saturated rings. The molecule has 1 amide bonds. The topological polar surface area (TPSA) is 76.9 Å². The van der Waals surface area contributed by atoms with E-state index in [2.05, 4.69) is 15.5 Å². The van der Waals surface area contributed by atoms with E-state index in [4.69, 9.17) is 0 Å². The van der Waals surface area contributed by atoms with E-state index in [1.54, 1.807) is 37.5 Å². The zero-order valence-electron chi connectivity index (χ0n) is 13.0. The SMILES string of the molecule is CC(C)c1nnc(NC(=O)c2cn(C)c(=O)c3ccccc23)s1. The number of anilines is 1. The summed E-state index contributed by atoms with van der Waals surface area (Å²) >= 11 is 1.35. The van der Waals surface area contributed by atoms with Crippen LogP contribution >= 0.6 is 11.3 Å². The van der Waals surface area contributed by atoms with Crippen molar-refractivity contribution >= 4 is 33.1 Å². The number of nitrogens with zero attached hydrogens (tertiary/aromatic N) is 3. The number of fused-ring (bicyclic) bond motifs is 1. The van der Waals surface area contributed by atoms with E-state index < -0.39 is 0 Å². The summed E-state index contributed by atoms with van der Waals surface area (Å²) in [7, 11) is 1.63. The van der Waals surface area contributed by atoms with E-state index in [0.717, 1.165) is 5.01 Å². The first-order valence-corrected chi connectivity index (χ1v) is 8.02. The molecule has 0 aliphatic carbocycles. The second kappa shape index (κ2) is 5.92. The van der Waals surface area contributed by atoms with Gasteiger partial charge in [0.15, 0.2) is 0 Å². The van der Waals surface area contributed by atoms with E-state index in [-0.39, 0.29) is 17.4 Å². The molecule has 1 N–H and O–H groups in total. The molecule has 0 unspecified atom stereocenters. The molecule has 0 saturated heterocycles. The molecule has 0 atom stereocenters. The molecule has 2 heterocycles. The zero-order chi connectivity index (χ0) is 16.6. The van der Waals surface area contributed by atoms with Gasteiger partial charge in [0.05, 0.1) is 5.56 Å². The quantitative estimate of drug-likeness (QED) is 0.802. The van der Waals surface area contributed by atoms with Gasteiger partial charge >= 0.3 is 0 Å². The number of rotatable bonds is 3. The Morgan fingerprint density at radius 2 is 1.91 bits per heavy atom. The smallest absolute Gasteiger partial charge is 0.259 e. The number of hydrogen-bond acceptors (Lipinski definition) is 5. The van der Waals surface area contributed by atoms with Crippen LogP contribution in [0.2, 0.25) is 0 Å². The first-order valence-electron chi connectivity index (χ1n) is 7.20. The summed E-state index contributed by atoms with van der Waals surface area (Å²) in [6, 6.07) is 7.08. The summed E-state index contributed by atoms with van der Waals surface area (Å²) in [5, 5.41) is 13.3. The molecule has 7 heteroatoms. The highest BCUT2D eigenvalue weighted by Gasteiger charge is 2.16. The largest absolute Gasteiger partial charge is 0.317 e. The number of carbonyl (C=O) groups is 1. The van der Waals surface area contributed by atoms with Crippen molar-refractivity contribution < 1.29 is 4.79 Å². The third kappa shape index (κ3) is 2.87. The second-order valence-electron chi connectivity index (χ2n) is 5.56. The number of amides is 1. The zero-order valence-corrected chi connectivity index (χ0v) is 13.8. The molecule has 118 valence electrons. The van der Waals surface area contributed by atoms with Gasteiger partial charge in [-0.05, 0) is 6.07 Å². The van der Waals surface area contributed by atoms with E-state index in [1.807, 2.05) is 13.8 Å². The molecule has 2 aromatic heterocycles. The van der Waals surface area contributed by atoms with Crippen molar-refractivity contribution in [3.8, 4) is 0 Å². The van der Waals surface area contributed by atoms with E-state index in [9.17, 15) is 9.59 Å². The first-order chi connectivity index (χ1) is 11.0. The summed E-state index contributed by atoms with van der Waals surface area (Å²) in [5.41, 5.74) is 0.305. The lowest BCUT2D eigenvalue weighted by Crippen LogP contribution is -2.21. The molecule has 0 radical (unpaired) electrons. The molecular formula is C16H16N4O2S. The van der Waals surface area contributed by atoms with Gasteiger partial charge in [0, 0.05) is 29.9 Å². The third-order valence-electron chi connectivity index (χ3n) is 3.49. The van der Waals surface area contributed by atoms with Crippen molar-refractivity contribution in [3.63, 3.8) is 0 Å². The molecule has 3 rings (SSSR count). The highest BCUT2D eigenvalue weighted by molar-refractivity contribution is 7.15. The van der Waals surface area contributed by atoms with E-state index >= 15 is 0 Å². The van der Waals surface area contributed by atoms with Gasteiger partial charge in [-0.15, -0.1) is 10.2 Å². The van der Waals surface area contributed by atoms with Gasteiger partial charge in [0.1, 0.15) is 5.01 Å². The Morgan fingerprint density at radius 1 is 1.22 bits per heavy atom. The summed E-state index contributed by atoms with van der Waals surface area (Å²) in [5.74, 6) is -0.0419. The van der Waals surface area contributed by atoms with Gasteiger partial charge in [-0.1, -0.05) is 43.4 Å². The monoisotopic (exact) mass is 328 g/mol. The Labute approximate surface area is 136 Å². The first kappa shape index (κ1) is 15.4. The summed E-state index contributed by atoms with van der Waals surface area (Å²) < 4.78 is 1.41. The Bertz CT molecular complexity index is 943. The predicted molar refractivity (Wildman–Crippen MR) is 91.1 cm³/mol. The predicted octanol–water partition coefficient (Wildman–Crippen LogP) is 2.77. The van der Waals surface area contributed by atoms with Crippen LogP contribution in [0.25, 0.3) is 10.8 Å². The Hall–Kier alpha value is -2.54. The van der Waals surface area contributed by atoms with Crippen LogP contribution in [0, 0.1) is 0 Å². The van der Waals surface area contributed by atoms with Crippen LogP contribution in [0.15, 0.2) is 35.3 Å². The average Bonchev–Trinajstić information content (AvgIpc) is 2.99. The average molecular weight is 328 g/mol. The summed E-state index contributed by atoms with van der Waals surface area (Å²) in [6.45, 7) is 4.04. The number of benzene rings is 1. The van der Waals surface area contributed by atoms with Gasteiger partial charge in [0.25, 0.3) is 11.5 Å². The Morgan fingerprint density at radius 3 is 2.57 bits per heavy atom. The fourth-order valence-electron chi connectivity index (χ4n) is 2.28. The molecule has 0 saturated carbocycles. The van der Waals surface area contributed by atoms with Crippen LogP contribution in [0.3, 0.4) is 0 Å². The van der Waals surface area contributed by atoms with Crippen LogP contribution in [0.4, 0.5) is 5.13 Å². The fraction of sp³-hybridized carbons (Fsp3) is 0.250. The minimum atomic E-state index is -0.303. The van der Waals surface area contributed by atoms with Gasteiger partial charge in [-0.25, -0.2) is 0 Å². The van der Waals surface area contributed by atoms with Crippen LogP contribution in [0.5, 0.6) is 0 Å². The van der Waals surface area contributed by atoms with Crippen LogP contribution in [-0.2, 0) is 7.05 Å². The maximum atomic E-state index is 12.6. The summed E-state index contributed by atoms with van der Waals surface area (Å²) in [4.78, 5) is 24.7. The Balaban J connectivity index is 2.01. The van der Waals surface area contributed by atoms with E-state index in [0.29, 0.717) is 21.5 Å². The van der Waals surface area contributed by atoms with Crippen LogP contribution in [0.1, 0.15) is 35.1 Å². The third-order valence-corrected chi connectivity index (χ3v) is 4.63. The molecule has 1 aromatic carbocycles. The van der Waals surface area contributed by atoms with Crippen LogP contribution < -0.4 is 10.9 Å². The van der Waals surface area contributed by atoms with Gasteiger partial charge in [0.2, 0.25) is 5.13 Å². The normalized spacial score (nSPS) is 11.1. The number of nitrogens with one attached hydrogen (secondary N) is 1. The maximum Gasteiger partial charge on any atom is 0.259 e. The number of aromatic nitrogens is 3. The van der Waals surface area contributed by atoms with Crippen molar-refractivity contribution in [3.05, 3.63) is 51.4 Å². The molecule has 0 spiro atoms. The van der Waals surface area contributed by atoms with Crippen molar-refractivity contribution in [2.45, 2.75) is 19.8 Å². The van der Waals surface area contributed by atoms with Crippen molar-refractivity contribution in [2.24, 2.45) is 7.05 Å². The molecule has 0 aliphatic rings. The molecule has 0 bridgehead atoms. The number of carbonyl (C=O) groups excluding carboxylic acids is 1. The lowest BCUT2D eigenvalue weighted by Gasteiger charge is -2.08. The van der Waals surface area contributed by atoms with Crippen molar-refractivity contribution in [2.75, 3.05) is 5.32 Å². The lowest BCUT2D eigenvalue weighted by atomic mass is 10.1. The fourth-order valence-corrected chi connectivity index (χ4v) is 3.02. The minimum Gasteiger partial charge on any atom is -0.317 e. The van der Waals surface area contributed by atoms with Gasteiger partial charge < -0.3 is 4.57 Å². The molecule has 0 aliphatic heterocycles. The van der Waals surface area contributed by atoms with Crippen molar-refractivity contribution in [1.82, 2.24) is 14.8 Å². The highest BCUT2D eigenvalue weighted by Crippen LogP contribution is 2.23. The lowest BCUT2D eigenvalue weighted by molar-refractivity contribution is 0.102. The van der Waals surface area contributed by atoms with Crippen molar-refractivity contribution in [1.29, 1.82) is 0 Å². The number of aryl methyl sites for hydroxylation is 1. The molecular weight excluding hydrogens is 312 g/mol. The van der Waals surface area contributed by atoms with Gasteiger partial charge in [-0.3, -0.25) is 14.9 Å². The standard InChI is InChI=1S/C16H16N4O2S/c1-9(2)14-18-19-16(23-14)17-13(21)12-8-20(3)15(22)11-7-5-4-6-10(11)12/h4-9H,1-3H3,(H,17,19,21). The van der Waals surface area contributed by atoms with Gasteiger partial charge in [-0.2, -0.15) is 0 Å². The maximum absolute atomic E-state index is 12.6. The second-order valence-corrected chi connectivity index (χ2v) is 6.57.